The lowest BCUT2D eigenvalue weighted by Gasteiger charge is -2.28. The van der Waals surface area contributed by atoms with Gasteiger partial charge in [-0.3, -0.25) is 0 Å². The van der Waals surface area contributed by atoms with Gasteiger partial charge in [0.25, 0.3) is 17.5 Å². The third-order valence-corrected chi connectivity index (χ3v) is 27.8. The Morgan fingerprint density at radius 1 is 0.217 bits per heavy atom. The predicted molar refractivity (Wildman–Crippen MR) is 590 cm³/mol. The van der Waals surface area contributed by atoms with Crippen molar-refractivity contribution in [3.8, 4) is 101 Å². The molecule has 0 amide bonds. The summed E-state index contributed by atoms with van der Waals surface area (Å²) in [6.07, 6.45) is 0. The Bertz CT molecular complexity index is 7890. The van der Waals surface area contributed by atoms with Gasteiger partial charge in [-0.2, -0.15) is 27.4 Å². The lowest BCUT2D eigenvalue weighted by Crippen LogP contribution is -2.35. The second kappa shape index (κ2) is 37.2. The average molecular weight is 1830 g/mol. The Morgan fingerprint density at radius 2 is 0.471 bits per heavy atom. The molecular formula is C132H147N6+3. The van der Waals surface area contributed by atoms with Crippen LogP contribution in [0.1, 0.15) is 263 Å². The van der Waals surface area contributed by atoms with Gasteiger partial charge in [0.2, 0.25) is 0 Å². The van der Waals surface area contributed by atoms with E-state index >= 15 is 0 Å². The molecule has 0 spiro atoms. The number of benzene rings is 15. The molecule has 0 bridgehead atoms. The van der Waals surface area contributed by atoms with Gasteiger partial charge in [-0.1, -0.05) is 445 Å². The fourth-order valence-corrected chi connectivity index (χ4v) is 20.2. The van der Waals surface area contributed by atoms with E-state index in [1.54, 1.807) is 25.1 Å². The molecular weight excluding hydrogens is 1670 g/mol. The maximum atomic E-state index is 9.18. The molecule has 0 radical (unpaired) electrons. The average Bonchev–Trinajstić information content (AvgIpc) is 1.46. The highest BCUT2D eigenvalue weighted by Gasteiger charge is 2.39. The molecule has 15 aromatic carbocycles. The highest BCUT2D eigenvalue weighted by Crippen LogP contribution is 2.46. The summed E-state index contributed by atoms with van der Waals surface area (Å²) in [5.41, 5.74) is 37.7. The molecule has 3 heterocycles. The number of nitrogens with zero attached hydrogens (tertiary/aromatic N) is 6. The first kappa shape index (κ1) is 86.3. The van der Waals surface area contributed by atoms with Crippen LogP contribution in [0.3, 0.4) is 0 Å². The van der Waals surface area contributed by atoms with E-state index in [1.165, 1.54) is 157 Å². The van der Waals surface area contributed by atoms with E-state index in [0.717, 1.165) is 28.1 Å². The van der Waals surface area contributed by atoms with E-state index in [2.05, 4.69) is 454 Å². The Labute approximate surface area is 838 Å². The van der Waals surface area contributed by atoms with Crippen molar-refractivity contribution in [2.24, 2.45) is 0 Å². The van der Waals surface area contributed by atoms with Gasteiger partial charge in [-0.25, -0.2) is 0 Å². The molecule has 0 saturated carbocycles. The van der Waals surface area contributed by atoms with Crippen molar-refractivity contribution in [3.63, 3.8) is 0 Å². The third kappa shape index (κ3) is 19.2. The first-order chi connectivity index (χ1) is 68.7. The summed E-state index contributed by atoms with van der Waals surface area (Å²) in [5.74, 6) is 3.09. The molecule has 0 N–H and O–H groups in total. The van der Waals surface area contributed by atoms with Gasteiger partial charge in [-0.05, 0) is 204 Å². The Hall–Kier alpha value is -13.3. The fraction of sp³-hybridized carbons (Fsp3) is 0.295. The molecule has 0 atom stereocenters. The minimum Gasteiger partial charge on any atom is -0.192 e. The Morgan fingerprint density at radius 3 is 0.754 bits per heavy atom. The topological polar surface area (TPSA) is 26.4 Å². The monoisotopic (exact) mass is 1830 g/mol. The van der Waals surface area contributed by atoms with Crippen molar-refractivity contribution in [1.82, 2.24) is 13.7 Å². The molecule has 0 aliphatic heterocycles. The zero-order valence-electron chi connectivity index (χ0n) is 96.7. The number of hydrogen-bond donors (Lipinski definition) is 0. The fourth-order valence-electron chi connectivity index (χ4n) is 20.2. The maximum Gasteiger partial charge on any atom is 0.264 e. The van der Waals surface area contributed by atoms with Crippen LogP contribution in [-0.2, 0) is 43.3 Å². The van der Waals surface area contributed by atoms with Crippen LogP contribution in [0.25, 0.3) is 134 Å². The Kier molecular flexibility index (Phi) is 23.3. The molecule has 0 aliphatic rings. The van der Waals surface area contributed by atoms with Crippen LogP contribution in [0.4, 0.5) is 0 Å². The number of rotatable bonds is 12. The normalized spacial score (nSPS) is 13.4. The van der Waals surface area contributed by atoms with Crippen LogP contribution in [0.15, 0.2) is 327 Å². The molecule has 18 rings (SSSR count). The predicted octanol–water partition coefficient (Wildman–Crippen LogP) is 34.3. The van der Waals surface area contributed by atoms with E-state index in [1.807, 2.05) is 35.8 Å². The van der Waals surface area contributed by atoms with Crippen LogP contribution in [-0.4, -0.2) is 13.7 Å². The third-order valence-electron chi connectivity index (χ3n) is 27.8. The first-order valence-corrected chi connectivity index (χ1v) is 49.2. The summed E-state index contributed by atoms with van der Waals surface area (Å²) in [4.78, 5) is 0. The van der Waals surface area contributed by atoms with Crippen molar-refractivity contribution >= 4 is 33.1 Å². The largest absolute Gasteiger partial charge is 0.264 e. The van der Waals surface area contributed by atoms with Gasteiger partial charge >= 0.3 is 0 Å². The standard InChI is InChI=1S/C49H59N2.C42H45N2.C41H43N2/c1-32-41(49(12,13)14)30-38(48(9,10)11)31-44(32)50-33(2)51(43-21-16-15-20-42(43)50)45-39(34-22-26-36(27-23-34)46(3,4)5)18-17-19-40(45)35-24-28-37(29-25-35)47(6,7)8;1-28-17-15-20-32(25-28)35-22-16-21-34(31-18-11-10-12-19-31)40(35)44-30(3)43(37-23-13-14-24-38(37)44)39-27-33(41(4,5)6)26-36(29(39)2)42(7,8)9;1-28-35(41(6,7)8)26-32(40(3,4)5)27-38(28)42-29(2)43(37-25-16-15-24-36(37)42)39-33(30-18-11-9-12-19-30)22-17-23-34(39)31-20-13-10-14-21-31/h15-31H,1-14H3;10-27H,1-9H3;9-27H,1-8H3/q3*+1/i;10D,11D,12D,15D,17D,18D,19D,20D,25D;. The Balaban J connectivity index is 0.000000158. The van der Waals surface area contributed by atoms with Crippen LogP contribution < -0.4 is 13.7 Å². The smallest absolute Gasteiger partial charge is 0.192 e. The minimum absolute atomic E-state index is 0.00509. The van der Waals surface area contributed by atoms with Crippen LogP contribution >= 0.6 is 0 Å². The minimum atomic E-state index is -0.506. The summed E-state index contributed by atoms with van der Waals surface area (Å²) in [5, 5.41) is 0. The van der Waals surface area contributed by atoms with Crippen LogP contribution in [0.5, 0.6) is 0 Å². The van der Waals surface area contributed by atoms with Crippen molar-refractivity contribution < 1.29 is 26.0 Å². The van der Waals surface area contributed by atoms with Crippen molar-refractivity contribution in [3.05, 3.63) is 412 Å². The van der Waals surface area contributed by atoms with Gasteiger partial charge in [0.05, 0.1) is 12.3 Å². The van der Waals surface area contributed by atoms with Crippen LogP contribution in [0.2, 0.25) is 0 Å². The van der Waals surface area contributed by atoms with E-state index in [-0.39, 0.29) is 96.3 Å². The quantitative estimate of drug-likeness (QED) is 0.109. The number of para-hydroxylation sites is 9. The lowest BCUT2D eigenvalue weighted by molar-refractivity contribution is -0.574. The molecule has 6 heteroatoms. The van der Waals surface area contributed by atoms with Gasteiger partial charge in [0.15, 0.2) is 33.1 Å². The van der Waals surface area contributed by atoms with Gasteiger partial charge < -0.3 is 0 Å². The molecule has 138 heavy (non-hydrogen) atoms. The summed E-state index contributed by atoms with van der Waals surface area (Å²) >= 11 is 0. The summed E-state index contributed by atoms with van der Waals surface area (Å²) in [6.45, 7) is 69.7. The molecule has 702 valence electrons. The second-order valence-corrected chi connectivity index (χ2v) is 46.1. The second-order valence-electron chi connectivity index (χ2n) is 46.1. The number of imidazole rings is 3. The van der Waals surface area contributed by atoms with Gasteiger partial charge in [0, 0.05) is 70.8 Å². The van der Waals surface area contributed by atoms with Crippen molar-refractivity contribution in [2.45, 2.75) is 258 Å². The zero-order valence-corrected chi connectivity index (χ0v) is 87.7. The van der Waals surface area contributed by atoms with Gasteiger partial charge in [-0.15, -0.1) is 0 Å². The van der Waals surface area contributed by atoms with Crippen molar-refractivity contribution in [2.75, 3.05) is 0 Å². The highest BCUT2D eigenvalue weighted by molar-refractivity contribution is 5.90. The number of hydrogen-bond acceptors (Lipinski definition) is 0. The molecule has 0 saturated heterocycles. The van der Waals surface area contributed by atoms with E-state index < -0.39 is 18.1 Å². The lowest BCUT2D eigenvalue weighted by atomic mass is 9.78. The molecule has 0 unspecified atom stereocenters. The molecule has 6 nitrogen and oxygen atoms in total. The molecule has 3 aromatic heterocycles. The summed E-state index contributed by atoms with van der Waals surface area (Å²) in [7, 11) is 0. The zero-order chi connectivity index (χ0) is 107. The summed E-state index contributed by atoms with van der Waals surface area (Å²) < 4.78 is 93.0. The number of fused-ring (bicyclic) bond motifs is 3. The molecule has 0 aliphatic carbocycles. The van der Waals surface area contributed by atoms with Crippen LogP contribution in [0, 0.1) is 48.5 Å². The molecule has 18 aromatic rings. The van der Waals surface area contributed by atoms with Gasteiger partial charge in [0.1, 0.15) is 34.1 Å². The SMILES string of the molecule is Cc1c(-n2c(C)[n+](-c3c(-c4ccc(C(C)(C)C)cc4)cccc3-c3ccc(C(C)(C)C)cc3)c3ccccc32)cc(C(C)(C)C)cc1C(C)(C)C.Cc1c(-n2c(C)[n+](-c3c(-c4ccccc4)cccc3-c3ccccc3)c3ccccc32)cc(C(C)(C)C)cc1C(C)(C)C.[2H]c1c([2H])c([2H])c(-c2cccc(-c3c([2H])c([2H])c([2H])c(C)c3[2H])c2-[n+]2c(C)n(-c3cc(C(C)(C)C)cc(C(C)(C)C)c3C)c3ccccc32)c([2H])c1[2H]. The molecule has 0 fully saturated rings. The summed E-state index contributed by atoms with van der Waals surface area (Å²) in [6, 6.07) is 95.6. The van der Waals surface area contributed by atoms with E-state index in [0.29, 0.717) is 16.8 Å². The van der Waals surface area contributed by atoms with Crippen molar-refractivity contribution in [1.29, 1.82) is 0 Å². The van der Waals surface area contributed by atoms with E-state index in [9.17, 15) is 1.37 Å². The highest BCUT2D eigenvalue weighted by atomic mass is 15.2. The first-order valence-electron chi connectivity index (χ1n) is 53.7. The number of aromatic nitrogens is 6. The van der Waals surface area contributed by atoms with E-state index in [4.69, 9.17) is 11.0 Å². The maximum absolute atomic E-state index is 9.18.